The van der Waals surface area contributed by atoms with E-state index >= 15 is 0 Å². The summed E-state index contributed by atoms with van der Waals surface area (Å²) in [5.41, 5.74) is 0.959. The zero-order valence-electron chi connectivity index (χ0n) is 16.4. The van der Waals surface area contributed by atoms with Crippen molar-refractivity contribution >= 4 is 58.8 Å². The molecule has 158 valence electrons. The van der Waals surface area contributed by atoms with E-state index in [1.807, 2.05) is 25.3 Å². The van der Waals surface area contributed by atoms with Gasteiger partial charge < -0.3 is 10.1 Å². The highest BCUT2D eigenvalue weighted by Crippen LogP contribution is 2.31. The third kappa shape index (κ3) is 4.07. The Bertz CT molecular complexity index is 1280. The van der Waals surface area contributed by atoms with Gasteiger partial charge in [0.1, 0.15) is 5.82 Å². The van der Waals surface area contributed by atoms with Crippen molar-refractivity contribution in [2.24, 2.45) is 0 Å². The summed E-state index contributed by atoms with van der Waals surface area (Å²) in [6.45, 7) is 5.29. The van der Waals surface area contributed by atoms with Crippen LogP contribution >= 0.6 is 27.3 Å². The van der Waals surface area contributed by atoms with Crippen LogP contribution in [0.25, 0.3) is 15.9 Å². The van der Waals surface area contributed by atoms with Gasteiger partial charge in [-0.05, 0) is 56.0 Å². The minimum atomic E-state index is -3.87. The first-order valence-corrected chi connectivity index (χ1v) is 12.5. The Morgan fingerprint density at radius 1 is 1.23 bits per heavy atom. The Morgan fingerprint density at radius 3 is 2.73 bits per heavy atom. The number of benzene rings is 1. The van der Waals surface area contributed by atoms with Gasteiger partial charge in [0.25, 0.3) is 0 Å². The number of sulfone groups is 1. The van der Waals surface area contributed by atoms with Crippen molar-refractivity contribution in [1.29, 1.82) is 0 Å². The second-order valence-electron chi connectivity index (χ2n) is 6.88. The lowest BCUT2D eigenvalue weighted by Gasteiger charge is -2.10. The van der Waals surface area contributed by atoms with Crippen LogP contribution < -0.4 is 5.32 Å². The molecular formula is C19H20BrN5O3S2. The highest BCUT2D eigenvalue weighted by atomic mass is 79.9. The van der Waals surface area contributed by atoms with E-state index in [0.29, 0.717) is 19.0 Å². The highest BCUT2D eigenvalue weighted by Gasteiger charge is 2.27. The lowest BCUT2D eigenvalue weighted by Crippen LogP contribution is -2.11. The van der Waals surface area contributed by atoms with Crippen LogP contribution in [-0.2, 0) is 14.6 Å². The summed E-state index contributed by atoms with van der Waals surface area (Å²) >= 11 is 4.83. The maximum absolute atomic E-state index is 13.2. The van der Waals surface area contributed by atoms with Gasteiger partial charge in [-0.15, -0.1) is 16.4 Å². The number of aromatic nitrogens is 4. The SMILES string of the molecule is CC(C)OCCCNc1nc2c(S(=O)(=O)c3ccc(Br)cc3)nnn2c2ccsc12. The predicted octanol–water partition coefficient (Wildman–Crippen LogP) is 4.16. The van der Waals surface area contributed by atoms with Gasteiger partial charge in [0.2, 0.25) is 14.9 Å². The maximum atomic E-state index is 13.2. The van der Waals surface area contributed by atoms with Crippen LogP contribution in [-0.4, -0.2) is 47.5 Å². The van der Waals surface area contributed by atoms with Gasteiger partial charge in [-0.1, -0.05) is 21.1 Å². The summed E-state index contributed by atoms with van der Waals surface area (Å²) in [5.74, 6) is 0.617. The second-order valence-corrected chi connectivity index (χ2v) is 10.6. The predicted molar refractivity (Wildman–Crippen MR) is 120 cm³/mol. The number of fused-ring (bicyclic) bond motifs is 3. The van der Waals surface area contributed by atoms with E-state index in [0.717, 1.165) is 21.1 Å². The third-order valence-corrected chi connectivity index (χ3v) is 7.47. The monoisotopic (exact) mass is 509 g/mol. The first-order chi connectivity index (χ1) is 14.4. The Kier molecular flexibility index (Phi) is 6.05. The molecule has 1 N–H and O–H groups in total. The average Bonchev–Trinajstić information content (AvgIpc) is 3.34. The number of anilines is 1. The van der Waals surface area contributed by atoms with Gasteiger partial charge >= 0.3 is 0 Å². The summed E-state index contributed by atoms with van der Waals surface area (Å²) < 4.78 is 35.1. The zero-order valence-corrected chi connectivity index (χ0v) is 19.6. The number of hydrogen-bond acceptors (Lipinski definition) is 8. The number of rotatable bonds is 8. The van der Waals surface area contributed by atoms with E-state index in [9.17, 15) is 8.42 Å². The Labute approximate surface area is 186 Å². The van der Waals surface area contributed by atoms with Crippen LogP contribution in [0.15, 0.2) is 50.1 Å². The molecule has 11 heteroatoms. The molecule has 0 radical (unpaired) electrons. The van der Waals surface area contributed by atoms with Crippen LogP contribution in [0.2, 0.25) is 0 Å². The Morgan fingerprint density at radius 2 is 2.00 bits per heavy atom. The number of hydrogen-bond donors (Lipinski definition) is 1. The average molecular weight is 510 g/mol. The summed E-state index contributed by atoms with van der Waals surface area (Å²) in [4.78, 5) is 4.73. The molecule has 0 bridgehead atoms. The molecule has 0 aliphatic heterocycles. The zero-order chi connectivity index (χ0) is 21.3. The number of ether oxygens (including phenoxy) is 1. The van der Waals surface area contributed by atoms with Crippen molar-refractivity contribution in [2.75, 3.05) is 18.5 Å². The topological polar surface area (TPSA) is 98.5 Å². The van der Waals surface area contributed by atoms with E-state index in [-0.39, 0.29) is 21.7 Å². The van der Waals surface area contributed by atoms with Crippen LogP contribution in [0.3, 0.4) is 0 Å². The van der Waals surface area contributed by atoms with Gasteiger partial charge in [-0.2, -0.15) is 4.52 Å². The number of nitrogens with zero attached hydrogens (tertiary/aromatic N) is 4. The smallest absolute Gasteiger partial charge is 0.229 e. The molecule has 1 aromatic carbocycles. The molecule has 0 unspecified atom stereocenters. The van der Waals surface area contributed by atoms with Crippen LogP contribution in [0.4, 0.5) is 5.82 Å². The summed E-state index contributed by atoms with van der Waals surface area (Å²) in [6, 6.07) is 8.29. The molecule has 0 fully saturated rings. The van der Waals surface area contributed by atoms with Crippen molar-refractivity contribution < 1.29 is 13.2 Å². The molecule has 30 heavy (non-hydrogen) atoms. The van der Waals surface area contributed by atoms with Crippen molar-refractivity contribution in [3.05, 3.63) is 40.2 Å². The molecule has 0 amide bonds. The molecule has 3 aromatic heterocycles. The standard InChI is InChI=1S/C19H20BrN5O3S2/c1-12(2)28-10-3-9-21-17-16-15(8-11-29-16)25-18(22-17)19(23-24-25)30(26,27)14-6-4-13(20)5-7-14/h4-8,11-12H,3,9-10H2,1-2H3,(H,21,22). The molecular weight excluding hydrogens is 490 g/mol. The minimum Gasteiger partial charge on any atom is -0.379 e. The van der Waals surface area contributed by atoms with Crippen LogP contribution in [0.1, 0.15) is 20.3 Å². The number of thiophene rings is 1. The van der Waals surface area contributed by atoms with Crippen molar-refractivity contribution in [1.82, 2.24) is 19.8 Å². The molecule has 8 nitrogen and oxygen atoms in total. The fourth-order valence-electron chi connectivity index (χ4n) is 2.94. The van der Waals surface area contributed by atoms with E-state index in [4.69, 9.17) is 4.74 Å². The molecule has 0 saturated heterocycles. The number of nitrogens with one attached hydrogen (secondary N) is 1. The third-order valence-electron chi connectivity index (χ3n) is 4.37. The molecule has 0 aliphatic rings. The Balaban J connectivity index is 1.72. The van der Waals surface area contributed by atoms with E-state index in [1.165, 1.54) is 28.0 Å². The molecule has 0 aliphatic carbocycles. The molecule has 4 aromatic rings. The molecule has 0 atom stereocenters. The fraction of sp³-hybridized carbons (Fsp3) is 0.316. The lowest BCUT2D eigenvalue weighted by atomic mass is 10.4. The summed E-state index contributed by atoms with van der Waals surface area (Å²) in [7, 11) is -3.87. The minimum absolute atomic E-state index is 0.139. The Hall–Kier alpha value is -2.08. The molecule has 4 rings (SSSR count). The van der Waals surface area contributed by atoms with Crippen LogP contribution in [0.5, 0.6) is 0 Å². The summed E-state index contributed by atoms with van der Waals surface area (Å²) in [6.07, 6.45) is 0.993. The van der Waals surface area contributed by atoms with Gasteiger partial charge in [0.05, 0.1) is 21.2 Å². The van der Waals surface area contributed by atoms with Crippen molar-refractivity contribution in [3.63, 3.8) is 0 Å². The first kappa shape index (κ1) is 21.2. The maximum Gasteiger partial charge on any atom is 0.229 e. The van der Waals surface area contributed by atoms with Gasteiger partial charge in [0.15, 0.2) is 5.65 Å². The second kappa shape index (κ2) is 8.58. The lowest BCUT2D eigenvalue weighted by molar-refractivity contribution is 0.0787. The van der Waals surface area contributed by atoms with E-state index in [1.54, 1.807) is 12.1 Å². The van der Waals surface area contributed by atoms with Gasteiger partial charge in [0, 0.05) is 17.6 Å². The first-order valence-electron chi connectivity index (χ1n) is 9.36. The fourth-order valence-corrected chi connectivity index (χ4v) is 5.28. The van der Waals surface area contributed by atoms with E-state index < -0.39 is 9.84 Å². The largest absolute Gasteiger partial charge is 0.379 e. The molecule has 0 saturated carbocycles. The van der Waals surface area contributed by atoms with E-state index in [2.05, 4.69) is 36.5 Å². The van der Waals surface area contributed by atoms with Crippen LogP contribution in [0, 0.1) is 0 Å². The normalized spacial score (nSPS) is 12.3. The number of halogens is 1. The van der Waals surface area contributed by atoms with Crippen molar-refractivity contribution in [2.45, 2.75) is 36.3 Å². The molecule has 3 heterocycles. The molecule has 0 spiro atoms. The summed E-state index contributed by atoms with van der Waals surface area (Å²) in [5, 5.41) is 13.1. The van der Waals surface area contributed by atoms with Gasteiger partial charge in [-0.3, -0.25) is 0 Å². The van der Waals surface area contributed by atoms with Crippen molar-refractivity contribution in [3.8, 4) is 0 Å². The highest BCUT2D eigenvalue weighted by molar-refractivity contribution is 9.10. The quantitative estimate of drug-likeness (QED) is 0.356. The van der Waals surface area contributed by atoms with Gasteiger partial charge in [-0.25, -0.2) is 13.4 Å².